The number of hydrogen-bond acceptors (Lipinski definition) is 6. The molecule has 0 aliphatic heterocycles. The maximum absolute atomic E-state index is 10.9. The predicted octanol–water partition coefficient (Wildman–Crippen LogP) is 0.364. The fourth-order valence-corrected chi connectivity index (χ4v) is 1.63. The van der Waals surface area contributed by atoms with E-state index in [1.165, 1.54) is 14.0 Å². The first-order chi connectivity index (χ1) is 8.97. The highest BCUT2D eigenvalue weighted by Crippen LogP contribution is 2.31. The smallest absolute Gasteiger partial charge is 0.308 e. The number of aliphatic hydroxyl groups is 2. The monoisotopic (exact) mass is 269 g/mol. The summed E-state index contributed by atoms with van der Waals surface area (Å²) < 4.78 is 10.1. The molecule has 0 saturated carbocycles. The molecule has 0 amide bonds. The van der Waals surface area contributed by atoms with Crippen LogP contribution < -0.4 is 15.2 Å². The predicted molar refractivity (Wildman–Crippen MR) is 68.9 cm³/mol. The van der Waals surface area contributed by atoms with E-state index in [-0.39, 0.29) is 18.8 Å². The van der Waals surface area contributed by atoms with Crippen molar-refractivity contribution in [2.45, 2.75) is 25.5 Å². The first-order valence-corrected chi connectivity index (χ1v) is 5.88. The summed E-state index contributed by atoms with van der Waals surface area (Å²) in [5.74, 6) is 0.190. The molecule has 0 radical (unpaired) electrons. The van der Waals surface area contributed by atoms with Crippen molar-refractivity contribution in [2.75, 3.05) is 13.7 Å². The van der Waals surface area contributed by atoms with E-state index in [0.29, 0.717) is 11.3 Å². The van der Waals surface area contributed by atoms with Crippen LogP contribution in [0.15, 0.2) is 18.2 Å². The summed E-state index contributed by atoms with van der Waals surface area (Å²) >= 11 is 0. The molecular formula is C13H19NO5. The van der Waals surface area contributed by atoms with Crippen LogP contribution in [-0.4, -0.2) is 35.9 Å². The van der Waals surface area contributed by atoms with Crippen LogP contribution in [0.3, 0.4) is 0 Å². The molecule has 0 fully saturated rings. The van der Waals surface area contributed by atoms with Crippen molar-refractivity contribution in [2.24, 2.45) is 5.73 Å². The second-order valence-electron chi connectivity index (χ2n) is 4.20. The SMILES string of the molecule is COc1cc([C@@H](O)C[C@@H](N)CO)ccc1OC(C)=O. The van der Waals surface area contributed by atoms with Gasteiger partial charge in [-0.2, -0.15) is 0 Å². The first kappa shape index (κ1) is 15.4. The number of hydrogen-bond donors (Lipinski definition) is 3. The third-order valence-corrected chi connectivity index (χ3v) is 2.59. The highest BCUT2D eigenvalue weighted by molar-refractivity contribution is 5.70. The van der Waals surface area contributed by atoms with Crippen molar-refractivity contribution < 1.29 is 24.5 Å². The molecule has 4 N–H and O–H groups in total. The second-order valence-corrected chi connectivity index (χ2v) is 4.20. The average molecular weight is 269 g/mol. The number of nitrogens with two attached hydrogens (primary N) is 1. The van der Waals surface area contributed by atoms with Gasteiger partial charge in [-0.05, 0) is 24.1 Å². The maximum atomic E-state index is 10.9. The maximum Gasteiger partial charge on any atom is 0.308 e. The van der Waals surface area contributed by atoms with E-state index in [2.05, 4.69) is 0 Å². The first-order valence-electron chi connectivity index (χ1n) is 5.88. The molecule has 1 rings (SSSR count). The van der Waals surface area contributed by atoms with E-state index in [4.69, 9.17) is 20.3 Å². The van der Waals surface area contributed by atoms with Gasteiger partial charge in [-0.3, -0.25) is 4.79 Å². The van der Waals surface area contributed by atoms with Crippen molar-refractivity contribution in [3.8, 4) is 11.5 Å². The summed E-state index contributed by atoms with van der Waals surface area (Å²) in [5, 5.41) is 18.8. The quantitative estimate of drug-likeness (QED) is 0.509. The molecule has 0 bridgehead atoms. The van der Waals surface area contributed by atoms with Gasteiger partial charge in [-0.15, -0.1) is 0 Å². The van der Waals surface area contributed by atoms with Gasteiger partial charge < -0.3 is 25.4 Å². The summed E-state index contributed by atoms with van der Waals surface area (Å²) in [6, 6.07) is 4.25. The summed E-state index contributed by atoms with van der Waals surface area (Å²) in [7, 11) is 1.44. The number of esters is 1. The molecule has 19 heavy (non-hydrogen) atoms. The van der Waals surface area contributed by atoms with Crippen molar-refractivity contribution in [3.05, 3.63) is 23.8 Å². The van der Waals surface area contributed by atoms with Crippen molar-refractivity contribution in [1.29, 1.82) is 0 Å². The van der Waals surface area contributed by atoms with E-state index >= 15 is 0 Å². The van der Waals surface area contributed by atoms with Crippen molar-refractivity contribution >= 4 is 5.97 Å². The topological polar surface area (TPSA) is 102 Å². The molecule has 1 aromatic carbocycles. The van der Waals surface area contributed by atoms with Crippen molar-refractivity contribution in [3.63, 3.8) is 0 Å². The van der Waals surface area contributed by atoms with Crippen LogP contribution in [0.2, 0.25) is 0 Å². The Bertz CT molecular complexity index is 435. The normalized spacial score (nSPS) is 13.7. The Balaban J connectivity index is 2.89. The summed E-state index contributed by atoms with van der Waals surface area (Å²) in [6.07, 6.45) is -0.588. The minimum Gasteiger partial charge on any atom is -0.493 e. The van der Waals surface area contributed by atoms with Crippen LogP contribution in [0.5, 0.6) is 11.5 Å². The molecule has 1 aromatic rings. The molecule has 6 nitrogen and oxygen atoms in total. The number of methoxy groups -OCH3 is 1. The molecule has 2 atom stereocenters. The lowest BCUT2D eigenvalue weighted by Crippen LogP contribution is -2.26. The van der Waals surface area contributed by atoms with Gasteiger partial charge in [0, 0.05) is 13.0 Å². The molecule has 0 spiro atoms. The molecule has 6 heteroatoms. The highest BCUT2D eigenvalue weighted by atomic mass is 16.6. The van der Waals surface area contributed by atoms with Gasteiger partial charge in [0.2, 0.25) is 0 Å². The molecule has 0 aliphatic carbocycles. The van der Waals surface area contributed by atoms with Gasteiger partial charge in [0.15, 0.2) is 11.5 Å². The summed E-state index contributed by atoms with van der Waals surface area (Å²) in [4.78, 5) is 10.9. The van der Waals surface area contributed by atoms with E-state index in [1.54, 1.807) is 18.2 Å². The largest absolute Gasteiger partial charge is 0.493 e. The second kappa shape index (κ2) is 7.08. The Morgan fingerprint density at radius 2 is 2.11 bits per heavy atom. The number of carbonyl (C=O) groups is 1. The van der Waals surface area contributed by atoms with Gasteiger partial charge in [-0.1, -0.05) is 6.07 Å². The Kier molecular flexibility index (Phi) is 5.75. The van der Waals surface area contributed by atoms with E-state index in [0.717, 1.165) is 0 Å². The van der Waals surface area contributed by atoms with E-state index in [1.807, 2.05) is 0 Å². The Morgan fingerprint density at radius 1 is 1.42 bits per heavy atom. The fourth-order valence-electron chi connectivity index (χ4n) is 1.63. The van der Waals surface area contributed by atoms with Gasteiger partial charge in [-0.25, -0.2) is 0 Å². The van der Waals surface area contributed by atoms with Gasteiger partial charge in [0.1, 0.15) is 0 Å². The third-order valence-electron chi connectivity index (χ3n) is 2.59. The molecular weight excluding hydrogens is 250 g/mol. The zero-order valence-corrected chi connectivity index (χ0v) is 11.0. The van der Waals surface area contributed by atoms with E-state index in [9.17, 15) is 9.90 Å². The van der Waals surface area contributed by atoms with Crippen LogP contribution in [0.4, 0.5) is 0 Å². The molecule has 0 aromatic heterocycles. The zero-order chi connectivity index (χ0) is 14.4. The number of benzene rings is 1. The number of aliphatic hydroxyl groups excluding tert-OH is 2. The lowest BCUT2D eigenvalue weighted by molar-refractivity contribution is -0.132. The third kappa shape index (κ3) is 4.51. The Labute approximate surface area is 111 Å². The van der Waals surface area contributed by atoms with Crippen molar-refractivity contribution in [1.82, 2.24) is 0 Å². The minimum atomic E-state index is -0.817. The Morgan fingerprint density at radius 3 is 2.63 bits per heavy atom. The van der Waals surface area contributed by atoms with Gasteiger partial charge >= 0.3 is 5.97 Å². The van der Waals surface area contributed by atoms with Crippen LogP contribution in [0, 0.1) is 0 Å². The van der Waals surface area contributed by atoms with Gasteiger partial charge in [0.25, 0.3) is 0 Å². The van der Waals surface area contributed by atoms with Crippen LogP contribution >= 0.6 is 0 Å². The molecule has 0 saturated heterocycles. The molecule has 0 unspecified atom stereocenters. The summed E-state index contributed by atoms with van der Waals surface area (Å²) in [5.41, 5.74) is 6.15. The Hall–Kier alpha value is -1.63. The molecule has 0 aliphatic rings. The number of ether oxygens (including phenoxy) is 2. The van der Waals surface area contributed by atoms with E-state index < -0.39 is 18.1 Å². The lowest BCUT2D eigenvalue weighted by atomic mass is 10.0. The standard InChI is InChI=1S/C13H19NO5/c1-8(16)19-12-4-3-9(5-13(12)18-2)11(17)6-10(14)7-15/h3-5,10-11,15,17H,6-7,14H2,1-2H3/t10-,11+/m1/s1. The highest BCUT2D eigenvalue weighted by Gasteiger charge is 2.15. The average Bonchev–Trinajstić information content (AvgIpc) is 2.38. The van der Waals surface area contributed by atoms with Crippen LogP contribution in [0.25, 0.3) is 0 Å². The fraction of sp³-hybridized carbons (Fsp3) is 0.462. The zero-order valence-electron chi connectivity index (χ0n) is 11.0. The minimum absolute atomic E-state index is 0.195. The number of carbonyl (C=O) groups excluding carboxylic acids is 1. The summed E-state index contributed by atoms with van der Waals surface area (Å²) in [6.45, 7) is 1.10. The number of rotatable bonds is 6. The molecule has 0 heterocycles. The molecule has 106 valence electrons. The lowest BCUT2D eigenvalue weighted by Gasteiger charge is -2.16. The van der Waals surface area contributed by atoms with Crippen LogP contribution in [-0.2, 0) is 4.79 Å². The van der Waals surface area contributed by atoms with Gasteiger partial charge in [0.05, 0.1) is 19.8 Å². The van der Waals surface area contributed by atoms with Crippen LogP contribution in [0.1, 0.15) is 25.0 Å².